The van der Waals surface area contributed by atoms with Gasteiger partial charge in [0.05, 0.1) is 23.9 Å². The number of Topliss-reactive ketones (excluding diaryl/α,β-unsaturated/α-hetero) is 2. The van der Waals surface area contributed by atoms with Crippen LogP contribution >= 0.6 is 0 Å². The Bertz CT molecular complexity index is 1050. The number of nitrogens with zero attached hydrogens (tertiary/aromatic N) is 1. The second-order valence-corrected chi connectivity index (χ2v) is 13.0. The minimum Gasteiger partial charge on any atom is -0.458 e. The van der Waals surface area contributed by atoms with Crippen LogP contribution in [0.25, 0.3) is 0 Å². The number of ketones is 2. The number of carbonyl (C=O) groups excluding carboxylic acids is 4. The summed E-state index contributed by atoms with van der Waals surface area (Å²) in [5.41, 5.74) is -2.56. The molecule has 0 aromatic rings. The van der Waals surface area contributed by atoms with Crippen molar-refractivity contribution in [2.24, 2.45) is 17.8 Å². The van der Waals surface area contributed by atoms with Crippen LogP contribution in [0.15, 0.2) is 11.6 Å². The predicted octanol–water partition coefficient (Wildman–Crippen LogP) is 3.24. The first kappa shape index (κ1) is 37.0. The zero-order chi connectivity index (χ0) is 33.0. The second kappa shape index (κ2) is 14.7. The molecule has 2 heterocycles. The van der Waals surface area contributed by atoms with Gasteiger partial charge in [0.1, 0.15) is 17.6 Å². The Morgan fingerprint density at radius 1 is 1.14 bits per heavy atom. The Hall–Kier alpha value is -2.18. The lowest BCUT2D eigenvalue weighted by Gasteiger charge is -2.47. The molecule has 246 valence electrons. The lowest BCUT2D eigenvalue weighted by Crippen LogP contribution is -2.60. The maximum atomic E-state index is 13.9. The van der Waals surface area contributed by atoms with Crippen LogP contribution in [0.3, 0.4) is 0 Å². The molecule has 2 aliphatic rings. The molecule has 0 aromatic heterocycles. The second-order valence-electron chi connectivity index (χ2n) is 13.0. The van der Waals surface area contributed by atoms with E-state index in [2.05, 4.69) is 0 Å². The van der Waals surface area contributed by atoms with Gasteiger partial charge in [0.15, 0.2) is 24.0 Å². The van der Waals surface area contributed by atoms with E-state index in [4.69, 9.17) is 23.7 Å². The van der Waals surface area contributed by atoms with Gasteiger partial charge in [-0.1, -0.05) is 20.8 Å². The van der Waals surface area contributed by atoms with E-state index in [0.717, 1.165) is 0 Å². The molecule has 0 amide bonds. The molecule has 2 aliphatic heterocycles. The van der Waals surface area contributed by atoms with E-state index in [-0.39, 0.29) is 30.8 Å². The highest BCUT2D eigenvalue weighted by Crippen LogP contribution is 2.38. The van der Waals surface area contributed by atoms with Crippen LogP contribution in [0.4, 0.5) is 0 Å². The number of aliphatic hydroxyl groups is 1. The quantitative estimate of drug-likeness (QED) is 0.350. The van der Waals surface area contributed by atoms with E-state index in [1.54, 1.807) is 34.6 Å². The van der Waals surface area contributed by atoms with E-state index in [9.17, 15) is 24.3 Å². The third-order valence-electron chi connectivity index (χ3n) is 8.92. The van der Waals surface area contributed by atoms with Crippen LogP contribution in [-0.2, 0) is 42.9 Å². The lowest BCUT2D eigenvalue weighted by atomic mass is 9.77. The van der Waals surface area contributed by atoms with Gasteiger partial charge in [0.25, 0.3) is 0 Å². The minimum absolute atomic E-state index is 0.144. The number of ether oxygens (including phenoxy) is 5. The molecule has 1 saturated heterocycles. The third-order valence-corrected chi connectivity index (χ3v) is 8.92. The molecule has 0 spiro atoms. The van der Waals surface area contributed by atoms with Crippen molar-refractivity contribution in [3.05, 3.63) is 11.6 Å². The number of hydrogen-bond donors (Lipinski definition) is 1. The summed E-state index contributed by atoms with van der Waals surface area (Å²) in [6.07, 6.45) is -1.76. The van der Waals surface area contributed by atoms with E-state index in [0.29, 0.717) is 12.0 Å². The SMILES string of the molecule is CC[C@H]1OC(=O)[C@H](C)C(=O)[C@H](C)[C@@H](OC2OC(C)CC(N(C)C)C2OC(C)=O)[C@](C)(OC)C[C@@H](C)C(=O)/C(C)=C/[C@]1(C)O. The molecule has 11 atom stereocenters. The van der Waals surface area contributed by atoms with Gasteiger partial charge in [-0.2, -0.15) is 0 Å². The van der Waals surface area contributed by atoms with Crippen molar-refractivity contribution in [2.75, 3.05) is 21.2 Å². The summed E-state index contributed by atoms with van der Waals surface area (Å²) in [6, 6.07) is -0.239. The highest BCUT2D eigenvalue weighted by atomic mass is 16.7. The molecular weight excluding hydrogens is 558 g/mol. The lowest BCUT2D eigenvalue weighted by molar-refractivity contribution is -0.297. The Balaban J connectivity index is 2.68. The largest absolute Gasteiger partial charge is 0.458 e. The highest BCUT2D eigenvalue weighted by molar-refractivity contribution is 6.00. The zero-order valence-corrected chi connectivity index (χ0v) is 28.0. The van der Waals surface area contributed by atoms with Crippen LogP contribution in [0.2, 0.25) is 0 Å². The maximum Gasteiger partial charge on any atom is 0.316 e. The van der Waals surface area contributed by atoms with Gasteiger partial charge >= 0.3 is 11.9 Å². The fourth-order valence-electron chi connectivity index (χ4n) is 6.42. The minimum atomic E-state index is -1.64. The monoisotopic (exact) mass is 611 g/mol. The van der Waals surface area contributed by atoms with Gasteiger partial charge in [0.2, 0.25) is 0 Å². The number of hydrogen-bond acceptors (Lipinski definition) is 11. The smallest absolute Gasteiger partial charge is 0.316 e. The molecule has 0 aliphatic carbocycles. The van der Waals surface area contributed by atoms with Crippen molar-refractivity contribution in [3.8, 4) is 0 Å². The van der Waals surface area contributed by atoms with Crippen LogP contribution < -0.4 is 0 Å². The van der Waals surface area contributed by atoms with Crippen molar-refractivity contribution < 1.29 is 48.0 Å². The first-order chi connectivity index (χ1) is 19.8. The van der Waals surface area contributed by atoms with E-state index in [1.165, 1.54) is 34.0 Å². The summed E-state index contributed by atoms with van der Waals surface area (Å²) in [5, 5.41) is 11.2. The van der Waals surface area contributed by atoms with Crippen molar-refractivity contribution >= 4 is 23.5 Å². The molecule has 11 heteroatoms. The molecule has 11 nitrogen and oxygen atoms in total. The standard InChI is InChI=1S/C32H53NO10/c1-13-24-31(8,38)15-17(2)25(35)18(3)16-32(9,39-12)28(20(5)26(36)21(6)29(37)42-24)43-30-27(41-22(7)34)23(33(10)11)14-19(4)40-30/h15,18-21,23-24,27-28,30,38H,13-14,16H2,1-12H3/b17-15+/t18-,19?,20+,21-,23?,24-,27?,28-,30?,31+,32-/m1/s1. The van der Waals surface area contributed by atoms with Gasteiger partial charge in [0, 0.05) is 25.9 Å². The highest BCUT2D eigenvalue weighted by Gasteiger charge is 2.50. The molecule has 0 saturated carbocycles. The molecule has 0 aromatic carbocycles. The summed E-state index contributed by atoms with van der Waals surface area (Å²) in [6.45, 7) is 14.6. The first-order valence-corrected chi connectivity index (χ1v) is 15.2. The number of carbonyl (C=O) groups is 4. The Morgan fingerprint density at radius 2 is 1.74 bits per heavy atom. The van der Waals surface area contributed by atoms with Gasteiger partial charge in [-0.05, 0) is 79.6 Å². The normalized spacial score (nSPS) is 41.7. The fraction of sp³-hybridized carbons (Fsp3) is 0.812. The topological polar surface area (TPSA) is 138 Å². The van der Waals surface area contributed by atoms with Crippen molar-refractivity contribution in [1.82, 2.24) is 4.90 Å². The zero-order valence-electron chi connectivity index (χ0n) is 28.0. The first-order valence-electron chi connectivity index (χ1n) is 15.2. The molecular formula is C32H53NO10. The van der Waals surface area contributed by atoms with Crippen molar-refractivity contribution in [1.29, 1.82) is 0 Å². The van der Waals surface area contributed by atoms with Crippen LogP contribution in [0, 0.1) is 17.8 Å². The molecule has 0 radical (unpaired) electrons. The summed E-state index contributed by atoms with van der Waals surface area (Å²) in [7, 11) is 5.22. The molecule has 1 fully saturated rings. The summed E-state index contributed by atoms with van der Waals surface area (Å²) < 4.78 is 30.2. The average molecular weight is 612 g/mol. The Kier molecular flexibility index (Phi) is 12.7. The average Bonchev–Trinajstić information content (AvgIpc) is 2.92. The molecule has 4 unspecified atom stereocenters. The van der Waals surface area contributed by atoms with E-state index < -0.39 is 71.3 Å². The van der Waals surface area contributed by atoms with Crippen LogP contribution in [-0.4, -0.2) is 103 Å². The van der Waals surface area contributed by atoms with Gasteiger partial charge in [-0.25, -0.2) is 0 Å². The predicted molar refractivity (Wildman–Crippen MR) is 159 cm³/mol. The number of likely N-dealkylation sites (N-methyl/N-ethyl adjacent to an activating group) is 1. The number of cyclic esters (lactones) is 1. The van der Waals surface area contributed by atoms with Gasteiger partial charge in [-0.3, -0.25) is 19.2 Å². The number of methoxy groups -OCH3 is 1. The summed E-state index contributed by atoms with van der Waals surface area (Å²) >= 11 is 0. The molecule has 0 bridgehead atoms. The van der Waals surface area contributed by atoms with Crippen molar-refractivity contribution in [3.63, 3.8) is 0 Å². The maximum absolute atomic E-state index is 13.9. The van der Waals surface area contributed by atoms with Crippen LogP contribution in [0.5, 0.6) is 0 Å². The van der Waals surface area contributed by atoms with Gasteiger partial charge in [-0.15, -0.1) is 0 Å². The number of esters is 2. The van der Waals surface area contributed by atoms with Crippen LogP contribution in [0.1, 0.15) is 81.6 Å². The van der Waals surface area contributed by atoms with E-state index in [1.807, 2.05) is 25.9 Å². The molecule has 43 heavy (non-hydrogen) atoms. The van der Waals surface area contributed by atoms with Gasteiger partial charge < -0.3 is 33.7 Å². The fourth-order valence-corrected chi connectivity index (χ4v) is 6.42. The summed E-state index contributed by atoms with van der Waals surface area (Å²) in [4.78, 5) is 54.8. The molecule has 2 rings (SSSR count). The Morgan fingerprint density at radius 3 is 2.26 bits per heavy atom. The van der Waals surface area contributed by atoms with Crippen molar-refractivity contribution in [2.45, 2.75) is 130 Å². The Labute approximate surface area is 256 Å². The third kappa shape index (κ3) is 8.72. The molecule has 1 N–H and O–H groups in total. The number of allylic oxidation sites excluding steroid dienone is 1. The number of rotatable bonds is 6. The van der Waals surface area contributed by atoms with E-state index >= 15 is 0 Å². The summed E-state index contributed by atoms with van der Waals surface area (Å²) in [5.74, 6) is -4.73.